The highest BCUT2D eigenvalue weighted by Gasteiger charge is 2.24. The van der Waals surface area contributed by atoms with E-state index < -0.39 is 11.5 Å². The number of hydrogen-bond acceptors (Lipinski definition) is 11. The van der Waals surface area contributed by atoms with Crippen molar-refractivity contribution in [2.45, 2.75) is 0 Å². The molecule has 0 radical (unpaired) electrons. The maximum absolute atomic E-state index is 12.9. The van der Waals surface area contributed by atoms with E-state index in [-0.39, 0.29) is 40.4 Å². The van der Waals surface area contributed by atoms with Gasteiger partial charge in [-0.15, -0.1) is 10.2 Å². The van der Waals surface area contributed by atoms with E-state index in [1.165, 1.54) is 24.1 Å². The van der Waals surface area contributed by atoms with Gasteiger partial charge in [0.05, 0.1) is 24.9 Å². The van der Waals surface area contributed by atoms with Crippen LogP contribution in [-0.4, -0.2) is 51.3 Å². The Morgan fingerprint density at radius 3 is 2.88 bits per heavy atom. The average molecular weight is 505 g/mol. The van der Waals surface area contributed by atoms with Crippen molar-refractivity contribution in [1.29, 1.82) is 0 Å². The number of anilines is 2. The summed E-state index contributed by atoms with van der Waals surface area (Å²) >= 11 is 7.38. The van der Waals surface area contributed by atoms with Gasteiger partial charge in [0.15, 0.2) is 5.76 Å². The van der Waals surface area contributed by atoms with Crippen molar-refractivity contribution in [3.63, 3.8) is 0 Å². The summed E-state index contributed by atoms with van der Waals surface area (Å²) in [6, 6.07) is 7.76. The van der Waals surface area contributed by atoms with Gasteiger partial charge in [0.25, 0.3) is 5.91 Å². The van der Waals surface area contributed by atoms with Crippen LogP contribution < -0.4 is 26.1 Å². The summed E-state index contributed by atoms with van der Waals surface area (Å²) in [5.74, 6) is -0.659. The van der Waals surface area contributed by atoms with Crippen molar-refractivity contribution in [2.75, 3.05) is 31.4 Å². The molecule has 0 spiro atoms. The SMILES string of the molecule is COc1cccc(Cl)c1-c1cc(C(=O)Nc2nnc(-n3nccc3N)s2)oc(=O)c1OCCO. The highest BCUT2D eigenvalue weighted by Crippen LogP contribution is 2.40. The lowest BCUT2D eigenvalue weighted by Crippen LogP contribution is -2.18. The van der Waals surface area contributed by atoms with Crippen LogP contribution >= 0.6 is 22.9 Å². The van der Waals surface area contributed by atoms with E-state index in [2.05, 4.69) is 20.6 Å². The molecule has 0 bridgehead atoms. The maximum Gasteiger partial charge on any atom is 0.379 e. The van der Waals surface area contributed by atoms with Crippen LogP contribution in [0, 0.1) is 0 Å². The molecule has 34 heavy (non-hydrogen) atoms. The van der Waals surface area contributed by atoms with E-state index in [1.54, 1.807) is 24.3 Å². The first kappa shape index (κ1) is 23.2. The molecule has 14 heteroatoms. The minimum absolute atomic E-state index is 0.120. The maximum atomic E-state index is 12.9. The van der Waals surface area contributed by atoms with Gasteiger partial charge in [0, 0.05) is 17.2 Å². The van der Waals surface area contributed by atoms with Crippen molar-refractivity contribution >= 4 is 39.8 Å². The molecule has 4 rings (SSSR count). The Labute approximate surface area is 200 Å². The van der Waals surface area contributed by atoms with Crippen molar-refractivity contribution in [3.05, 3.63) is 57.7 Å². The zero-order valence-electron chi connectivity index (χ0n) is 17.5. The molecule has 12 nitrogen and oxygen atoms in total. The van der Waals surface area contributed by atoms with E-state index in [1.807, 2.05) is 0 Å². The molecular formula is C20H17ClN6O6S. The lowest BCUT2D eigenvalue weighted by atomic mass is 10.0. The number of aromatic nitrogens is 4. The molecule has 1 aromatic carbocycles. The Morgan fingerprint density at radius 2 is 2.18 bits per heavy atom. The largest absolute Gasteiger partial charge is 0.496 e. The molecule has 1 amide bonds. The summed E-state index contributed by atoms with van der Waals surface area (Å²) < 4.78 is 17.3. The number of benzene rings is 1. The van der Waals surface area contributed by atoms with Gasteiger partial charge in [-0.1, -0.05) is 29.0 Å². The fourth-order valence-corrected chi connectivity index (χ4v) is 3.97. The molecule has 3 aromatic heterocycles. The van der Waals surface area contributed by atoms with Crippen LogP contribution in [0.3, 0.4) is 0 Å². The number of nitrogen functional groups attached to an aromatic ring is 1. The number of ether oxygens (including phenoxy) is 2. The van der Waals surface area contributed by atoms with Crippen molar-refractivity contribution < 1.29 is 23.8 Å². The number of amides is 1. The molecular weight excluding hydrogens is 488 g/mol. The number of nitrogens with one attached hydrogen (secondary N) is 1. The normalized spacial score (nSPS) is 10.8. The Hall–Kier alpha value is -3.94. The molecule has 4 aromatic rings. The lowest BCUT2D eigenvalue weighted by molar-refractivity contribution is 0.0990. The summed E-state index contributed by atoms with van der Waals surface area (Å²) in [5.41, 5.74) is 5.32. The highest BCUT2D eigenvalue weighted by atomic mass is 35.5. The molecule has 3 heterocycles. The number of aliphatic hydroxyl groups is 1. The molecule has 0 aliphatic carbocycles. The number of methoxy groups -OCH3 is 1. The molecule has 4 N–H and O–H groups in total. The number of carbonyl (C=O) groups excluding carboxylic acids is 1. The number of carbonyl (C=O) groups is 1. The number of hydrogen-bond donors (Lipinski definition) is 3. The summed E-state index contributed by atoms with van der Waals surface area (Å²) in [7, 11) is 1.43. The number of aliphatic hydroxyl groups excluding tert-OH is 1. The zero-order valence-corrected chi connectivity index (χ0v) is 19.1. The van der Waals surface area contributed by atoms with Gasteiger partial charge in [0.2, 0.25) is 16.0 Å². The Kier molecular flexibility index (Phi) is 6.77. The van der Waals surface area contributed by atoms with E-state index in [9.17, 15) is 9.59 Å². The van der Waals surface area contributed by atoms with Crippen LogP contribution in [0.2, 0.25) is 5.02 Å². The van der Waals surface area contributed by atoms with Crippen LogP contribution in [0.25, 0.3) is 16.3 Å². The number of rotatable bonds is 8. The molecule has 0 atom stereocenters. The van der Waals surface area contributed by atoms with Crippen LogP contribution in [0.15, 0.2) is 45.7 Å². The molecule has 0 aliphatic rings. The summed E-state index contributed by atoms with van der Waals surface area (Å²) in [6.07, 6.45) is 1.49. The van der Waals surface area contributed by atoms with Gasteiger partial charge in [0.1, 0.15) is 18.2 Å². The number of halogens is 1. The Balaban J connectivity index is 1.72. The molecule has 0 unspecified atom stereocenters. The third-order valence-electron chi connectivity index (χ3n) is 4.42. The molecule has 0 aliphatic heterocycles. The van der Waals surface area contributed by atoms with Crippen molar-refractivity contribution in [1.82, 2.24) is 20.0 Å². The topological polar surface area (TPSA) is 168 Å². The monoisotopic (exact) mass is 504 g/mol. The Bertz CT molecular complexity index is 1400. The first-order valence-electron chi connectivity index (χ1n) is 9.62. The van der Waals surface area contributed by atoms with Gasteiger partial charge in [-0.3, -0.25) is 10.1 Å². The van der Waals surface area contributed by atoms with E-state index in [0.29, 0.717) is 22.3 Å². The summed E-state index contributed by atoms with van der Waals surface area (Å²) in [4.78, 5) is 25.6. The second kappa shape index (κ2) is 9.91. The third kappa shape index (κ3) is 4.57. The standard InChI is InChI=1S/C20H17ClN6O6S/c1-31-12-4-2-3-11(21)15(12)10-9-13(33-18(30)16(10)32-8-7-28)17(29)24-19-25-26-20(34-19)27-14(22)5-6-23-27/h2-6,9,28H,7-8,22H2,1H3,(H,24,25,29). The van der Waals surface area contributed by atoms with Gasteiger partial charge in [-0.2, -0.15) is 9.78 Å². The fraction of sp³-hybridized carbons (Fsp3) is 0.150. The van der Waals surface area contributed by atoms with E-state index in [4.69, 9.17) is 36.3 Å². The van der Waals surface area contributed by atoms with Gasteiger partial charge >= 0.3 is 5.63 Å². The lowest BCUT2D eigenvalue weighted by Gasteiger charge is -2.14. The first-order chi connectivity index (χ1) is 16.4. The predicted octanol–water partition coefficient (Wildman–Crippen LogP) is 2.21. The first-order valence-corrected chi connectivity index (χ1v) is 10.8. The zero-order chi connectivity index (χ0) is 24.2. The van der Waals surface area contributed by atoms with Crippen LogP contribution in [-0.2, 0) is 0 Å². The van der Waals surface area contributed by atoms with Gasteiger partial charge in [-0.25, -0.2) is 4.79 Å². The van der Waals surface area contributed by atoms with Crippen LogP contribution in [0.1, 0.15) is 10.6 Å². The quantitative estimate of drug-likeness (QED) is 0.323. The predicted molar refractivity (Wildman–Crippen MR) is 124 cm³/mol. The second-order valence-electron chi connectivity index (χ2n) is 6.54. The number of nitrogens with zero attached hydrogens (tertiary/aromatic N) is 4. The minimum atomic E-state index is -0.944. The summed E-state index contributed by atoms with van der Waals surface area (Å²) in [6.45, 7) is -0.527. The Morgan fingerprint density at radius 1 is 1.35 bits per heavy atom. The molecule has 0 saturated heterocycles. The van der Waals surface area contributed by atoms with Crippen LogP contribution in [0.4, 0.5) is 10.9 Å². The average Bonchev–Trinajstić information content (AvgIpc) is 3.46. The van der Waals surface area contributed by atoms with Crippen molar-refractivity contribution in [3.8, 4) is 27.8 Å². The van der Waals surface area contributed by atoms with Gasteiger partial charge < -0.3 is 24.7 Å². The van der Waals surface area contributed by atoms with Crippen molar-refractivity contribution in [2.24, 2.45) is 0 Å². The smallest absolute Gasteiger partial charge is 0.379 e. The molecule has 0 saturated carbocycles. The summed E-state index contributed by atoms with van der Waals surface area (Å²) in [5, 5.41) is 24.2. The second-order valence-corrected chi connectivity index (χ2v) is 7.91. The molecule has 176 valence electrons. The van der Waals surface area contributed by atoms with E-state index >= 15 is 0 Å². The van der Waals surface area contributed by atoms with Crippen LogP contribution in [0.5, 0.6) is 11.5 Å². The minimum Gasteiger partial charge on any atom is -0.496 e. The third-order valence-corrected chi connectivity index (χ3v) is 5.55. The fourth-order valence-electron chi connectivity index (χ4n) is 2.98. The number of nitrogens with two attached hydrogens (primary N) is 1. The van der Waals surface area contributed by atoms with E-state index in [0.717, 1.165) is 11.3 Å². The molecule has 0 fully saturated rings. The van der Waals surface area contributed by atoms with Gasteiger partial charge in [-0.05, 0) is 18.2 Å². The highest BCUT2D eigenvalue weighted by molar-refractivity contribution is 7.17.